The van der Waals surface area contributed by atoms with Gasteiger partial charge in [-0.1, -0.05) is 19.3 Å². The number of carbonyl (C=O) groups is 1. The van der Waals surface area contributed by atoms with Crippen LogP contribution in [0.25, 0.3) is 0 Å². The predicted octanol–water partition coefficient (Wildman–Crippen LogP) is 2.09. The minimum atomic E-state index is 0.397. The number of nitrogens with zero attached hydrogens (tertiary/aromatic N) is 1. The quantitative estimate of drug-likeness (QED) is 0.665. The van der Waals surface area contributed by atoms with Crippen molar-refractivity contribution in [2.24, 2.45) is 5.92 Å². The fourth-order valence-electron chi connectivity index (χ4n) is 1.96. The van der Waals surface area contributed by atoms with Gasteiger partial charge in [0.2, 0.25) is 0 Å². The molecule has 13 heavy (non-hydrogen) atoms. The van der Waals surface area contributed by atoms with Crippen LogP contribution in [0.3, 0.4) is 0 Å². The second kappa shape index (κ2) is 5.38. The minimum absolute atomic E-state index is 0.397. The summed E-state index contributed by atoms with van der Waals surface area (Å²) in [6.07, 6.45) is 6.89. The Bertz CT molecular complexity index is 159. The maximum absolute atomic E-state index is 11.7. The Morgan fingerprint density at radius 3 is 2.38 bits per heavy atom. The highest BCUT2D eigenvalue weighted by atomic mass is 16.1. The van der Waals surface area contributed by atoms with Gasteiger partial charge in [-0.3, -0.25) is 4.79 Å². The van der Waals surface area contributed by atoms with Gasteiger partial charge in [-0.2, -0.15) is 0 Å². The third-order valence-electron chi connectivity index (χ3n) is 2.87. The molecule has 1 rings (SSSR count). The van der Waals surface area contributed by atoms with E-state index in [4.69, 9.17) is 0 Å². The highest BCUT2D eigenvalue weighted by Crippen LogP contribution is 2.25. The van der Waals surface area contributed by atoms with Crippen molar-refractivity contribution >= 4 is 5.78 Å². The second-order valence-corrected chi connectivity index (χ2v) is 4.35. The molecule has 1 saturated carbocycles. The number of rotatable bonds is 4. The molecule has 0 heterocycles. The first kappa shape index (κ1) is 10.7. The van der Waals surface area contributed by atoms with Crippen molar-refractivity contribution in [1.29, 1.82) is 0 Å². The number of ketones is 1. The molecule has 0 aliphatic heterocycles. The lowest BCUT2D eigenvalue weighted by Gasteiger charge is -2.20. The van der Waals surface area contributed by atoms with Gasteiger partial charge in [0.25, 0.3) is 0 Å². The van der Waals surface area contributed by atoms with Crippen LogP contribution in [0.2, 0.25) is 0 Å². The molecule has 2 nitrogen and oxygen atoms in total. The molecule has 0 N–H and O–H groups in total. The highest BCUT2D eigenvalue weighted by Gasteiger charge is 2.20. The van der Waals surface area contributed by atoms with Crippen molar-refractivity contribution in [2.75, 3.05) is 20.6 Å². The van der Waals surface area contributed by atoms with Gasteiger partial charge in [-0.15, -0.1) is 0 Å². The SMILES string of the molecule is CN(C)CCC(=O)C1CCCCC1. The Kier molecular flexibility index (Phi) is 4.43. The van der Waals surface area contributed by atoms with Crippen LogP contribution in [0.4, 0.5) is 0 Å². The first-order chi connectivity index (χ1) is 6.20. The molecule has 76 valence electrons. The van der Waals surface area contributed by atoms with E-state index >= 15 is 0 Å². The van der Waals surface area contributed by atoms with Crippen molar-refractivity contribution in [3.63, 3.8) is 0 Å². The van der Waals surface area contributed by atoms with Gasteiger partial charge < -0.3 is 4.90 Å². The van der Waals surface area contributed by atoms with Crippen molar-refractivity contribution in [3.8, 4) is 0 Å². The normalized spacial score (nSPS) is 19.3. The summed E-state index contributed by atoms with van der Waals surface area (Å²) in [7, 11) is 4.04. The van der Waals surface area contributed by atoms with E-state index in [0.717, 1.165) is 25.8 Å². The Morgan fingerprint density at radius 2 is 1.85 bits per heavy atom. The summed E-state index contributed by atoms with van der Waals surface area (Å²) in [6, 6.07) is 0. The average Bonchev–Trinajstić information content (AvgIpc) is 2.15. The lowest BCUT2D eigenvalue weighted by molar-refractivity contribution is -0.124. The maximum atomic E-state index is 11.7. The van der Waals surface area contributed by atoms with E-state index in [1.807, 2.05) is 14.1 Å². The molecule has 0 saturated heterocycles. The molecule has 0 unspecified atom stereocenters. The molecule has 0 aromatic rings. The molecule has 0 radical (unpaired) electrons. The monoisotopic (exact) mass is 183 g/mol. The lowest BCUT2D eigenvalue weighted by atomic mass is 9.85. The average molecular weight is 183 g/mol. The molecule has 1 aliphatic rings. The van der Waals surface area contributed by atoms with Crippen molar-refractivity contribution in [1.82, 2.24) is 4.90 Å². The zero-order valence-corrected chi connectivity index (χ0v) is 8.88. The maximum Gasteiger partial charge on any atom is 0.137 e. The van der Waals surface area contributed by atoms with E-state index in [-0.39, 0.29) is 0 Å². The molecule has 0 amide bonds. The number of hydrogen-bond acceptors (Lipinski definition) is 2. The Balaban J connectivity index is 2.21. The Labute approximate surface area is 81.3 Å². The van der Waals surface area contributed by atoms with E-state index < -0.39 is 0 Å². The highest BCUT2D eigenvalue weighted by molar-refractivity contribution is 5.81. The lowest BCUT2D eigenvalue weighted by Crippen LogP contribution is -2.23. The first-order valence-corrected chi connectivity index (χ1v) is 5.37. The second-order valence-electron chi connectivity index (χ2n) is 4.35. The smallest absolute Gasteiger partial charge is 0.137 e. The Morgan fingerprint density at radius 1 is 1.23 bits per heavy atom. The molecular formula is C11H21NO. The van der Waals surface area contributed by atoms with Crippen LogP contribution in [0.1, 0.15) is 38.5 Å². The molecule has 0 aromatic carbocycles. The molecule has 0 bridgehead atoms. The Hall–Kier alpha value is -0.370. The van der Waals surface area contributed by atoms with E-state index in [0.29, 0.717) is 11.7 Å². The summed E-state index contributed by atoms with van der Waals surface area (Å²) in [5.74, 6) is 0.891. The number of Topliss-reactive ketones (excluding diaryl/α,β-unsaturated/α-hetero) is 1. The van der Waals surface area contributed by atoms with Crippen LogP contribution in [0, 0.1) is 5.92 Å². The van der Waals surface area contributed by atoms with E-state index in [2.05, 4.69) is 4.90 Å². The van der Waals surface area contributed by atoms with Crippen LogP contribution in [0.15, 0.2) is 0 Å². The molecular weight excluding hydrogens is 162 g/mol. The van der Waals surface area contributed by atoms with Crippen molar-refractivity contribution in [3.05, 3.63) is 0 Å². The zero-order valence-electron chi connectivity index (χ0n) is 8.88. The molecule has 0 atom stereocenters. The fraction of sp³-hybridized carbons (Fsp3) is 0.909. The van der Waals surface area contributed by atoms with Gasteiger partial charge >= 0.3 is 0 Å². The summed E-state index contributed by atoms with van der Waals surface area (Å²) in [6.45, 7) is 0.912. The van der Waals surface area contributed by atoms with Crippen molar-refractivity contribution < 1.29 is 4.79 Å². The van der Waals surface area contributed by atoms with Gasteiger partial charge in [0.1, 0.15) is 5.78 Å². The third-order valence-corrected chi connectivity index (χ3v) is 2.87. The van der Waals surface area contributed by atoms with Gasteiger partial charge in [0.05, 0.1) is 0 Å². The van der Waals surface area contributed by atoms with Gasteiger partial charge in [-0.05, 0) is 26.9 Å². The number of hydrogen-bond donors (Lipinski definition) is 0. The summed E-state index contributed by atoms with van der Waals surface area (Å²) in [5.41, 5.74) is 0. The topological polar surface area (TPSA) is 20.3 Å². The van der Waals surface area contributed by atoms with Gasteiger partial charge in [0, 0.05) is 18.9 Å². The summed E-state index contributed by atoms with van der Waals surface area (Å²) >= 11 is 0. The van der Waals surface area contributed by atoms with E-state index in [1.54, 1.807) is 0 Å². The minimum Gasteiger partial charge on any atom is -0.309 e. The van der Waals surface area contributed by atoms with Gasteiger partial charge in [0.15, 0.2) is 0 Å². The van der Waals surface area contributed by atoms with E-state index in [1.165, 1.54) is 19.3 Å². The molecule has 0 aromatic heterocycles. The largest absolute Gasteiger partial charge is 0.309 e. The van der Waals surface area contributed by atoms with E-state index in [9.17, 15) is 4.79 Å². The third kappa shape index (κ3) is 3.90. The summed E-state index contributed by atoms with van der Waals surface area (Å²) in [5, 5.41) is 0. The molecule has 1 aliphatic carbocycles. The van der Waals surface area contributed by atoms with Crippen molar-refractivity contribution in [2.45, 2.75) is 38.5 Å². The standard InChI is InChI=1S/C11H21NO/c1-12(2)9-8-11(13)10-6-4-3-5-7-10/h10H,3-9H2,1-2H3. The zero-order chi connectivity index (χ0) is 9.68. The molecule has 0 spiro atoms. The summed E-state index contributed by atoms with van der Waals surface area (Å²) in [4.78, 5) is 13.8. The number of carbonyl (C=O) groups excluding carboxylic acids is 1. The van der Waals surface area contributed by atoms with Crippen LogP contribution >= 0.6 is 0 Å². The van der Waals surface area contributed by atoms with Crippen LogP contribution in [-0.4, -0.2) is 31.3 Å². The molecule has 1 fully saturated rings. The van der Waals surface area contributed by atoms with Gasteiger partial charge in [-0.25, -0.2) is 0 Å². The van der Waals surface area contributed by atoms with Crippen LogP contribution in [0.5, 0.6) is 0 Å². The first-order valence-electron chi connectivity index (χ1n) is 5.37. The summed E-state index contributed by atoms with van der Waals surface area (Å²) < 4.78 is 0. The fourth-order valence-corrected chi connectivity index (χ4v) is 1.96. The predicted molar refractivity (Wildman–Crippen MR) is 54.8 cm³/mol. The molecule has 2 heteroatoms. The van der Waals surface area contributed by atoms with Crippen LogP contribution in [-0.2, 0) is 4.79 Å². The van der Waals surface area contributed by atoms with Crippen LogP contribution < -0.4 is 0 Å².